The molecule has 7 heteroatoms. The quantitative estimate of drug-likeness (QED) is 0.927. The van der Waals surface area contributed by atoms with Crippen molar-refractivity contribution < 1.29 is 17.9 Å². The van der Waals surface area contributed by atoms with Crippen molar-refractivity contribution >= 4 is 10.9 Å². The van der Waals surface area contributed by atoms with Crippen LogP contribution in [-0.4, -0.2) is 22.7 Å². The second-order valence-corrected chi connectivity index (χ2v) is 5.44. The second-order valence-electron chi connectivity index (χ2n) is 5.44. The molecular weight excluding hydrogens is 297 g/mol. The number of hydrogen-bond acceptors (Lipinski definition) is 3. The number of halogens is 3. The highest BCUT2D eigenvalue weighted by Crippen LogP contribution is 2.30. The lowest BCUT2D eigenvalue weighted by molar-refractivity contribution is -0.137. The molecule has 0 amide bonds. The molecule has 4 nitrogen and oxygen atoms in total. The number of alkyl halides is 3. The molecule has 22 heavy (non-hydrogen) atoms. The lowest BCUT2D eigenvalue weighted by atomic mass is 10.1. The van der Waals surface area contributed by atoms with Gasteiger partial charge in [-0.15, -0.1) is 0 Å². The van der Waals surface area contributed by atoms with Gasteiger partial charge in [0.05, 0.1) is 22.6 Å². The third-order valence-electron chi connectivity index (χ3n) is 3.78. The Labute approximate surface area is 124 Å². The molecule has 0 aliphatic carbocycles. The van der Waals surface area contributed by atoms with Gasteiger partial charge in [-0.2, -0.15) is 13.2 Å². The predicted molar refractivity (Wildman–Crippen MR) is 74.7 cm³/mol. The molecule has 2 aromatic rings. The number of aromatic amines is 1. The van der Waals surface area contributed by atoms with E-state index in [4.69, 9.17) is 4.74 Å². The molecule has 1 aliphatic rings. The maximum absolute atomic E-state index is 12.8. The summed E-state index contributed by atoms with van der Waals surface area (Å²) in [7, 11) is 0. The number of nitrogens with one attached hydrogen (secondary N) is 1. The molecule has 118 valence electrons. The molecule has 3 rings (SSSR count). The van der Waals surface area contributed by atoms with Gasteiger partial charge in [0.25, 0.3) is 5.56 Å². The summed E-state index contributed by atoms with van der Waals surface area (Å²) in [6.07, 6.45) is -1.18. The van der Waals surface area contributed by atoms with Crippen LogP contribution >= 0.6 is 0 Å². The Bertz CT molecular complexity index is 734. The average molecular weight is 312 g/mol. The molecule has 1 aliphatic heterocycles. The molecule has 0 radical (unpaired) electrons. The summed E-state index contributed by atoms with van der Waals surface area (Å²) in [5.74, 6) is 0.365. The molecule has 1 aromatic heterocycles. The van der Waals surface area contributed by atoms with Crippen molar-refractivity contribution in [2.75, 3.05) is 6.61 Å². The standard InChI is InChI=1S/C15H15F3N2O2/c16-15(17,18)9-4-5-11-12(7-9)19-13(20-14(11)21)8-10-3-1-2-6-22-10/h4-5,7,10H,1-3,6,8H2,(H,19,20,21)/t10-/m0/s1. The van der Waals surface area contributed by atoms with E-state index in [0.29, 0.717) is 18.9 Å². The third kappa shape index (κ3) is 3.14. The van der Waals surface area contributed by atoms with Gasteiger partial charge in [0, 0.05) is 13.0 Å². The number of rotatable bonds is 2. The Morgan fingerprint density at radius 2 is 2.14 bits per heavy atom. The van der Waals surface area contributed by atoms with Crippen LogP contribution in [0.4, 0.5) is 13.2 Å². The fourth-order valence-electron chi connectivity index (χ4n) is 2.64. The number of hydrogen-bond donors (Lipinski definition) is 1. The van der Waals surface area contributed by atoms with E-state index in [0.717, 1.165) is 37.5 Å². The summed E-state index contributed by atoms with van der Waals surface area (Å²) in [5.41, 5.74) is -1.17. The zero-order valence-corrected chi connectivity index (χ0v) is 11.7. The van der Waals surface area contributed by atoms with Gasteiger partial charge in [-0.05, 0) is 37.5 Å². The summed E-state index contributed by atoms with van der Waals surface area (Å²) in [5, 5.41) is 0.154. The van der Waals surface area contributed by atoms with Crippen LogP contribution in [0.5, 0.6) is 0 Å². The van der Waals surface area contributed by atoms with E-state index in [-0.39, 0.29) is 17.0 Å². The molecule has 2 heterocycles. The van der Waals surface area contributed by atoms with E-state index in [1.807, 2.05) is 0 Å². The first-order chi connectivity index (χ1) is 10.4. The first-order valence-corrected chi connectivity index (χ1v) is 7.15. The minimum absolute atomic E-state index is 0.0415. The Morgan fingerprint density at radius 3 is 2.82 bits per heavy atom. The summed E-state index contributed by atoms with van der Waals surface area (Å²) in [6.45, 7) is 0.667. The van der Waals surface area contributed by atoms with Crippen molar-refractivity contribution in [3.8, 4) is 0 Å². The normalized spacial score (nSPS) is 19.5. The highest BCUT2D eigenvalue weighted by Gasteiger charge is 2.30. The lowest BCUT2D eigenvalue weighted by Gasteiger charge is -2.22. The van der Waals surface area contributed by atoms with Gasteiger partial charge < -0.3 is 9.72 Å². The Morgan fingerprint density at radius 1 is 1.32 bits per heavy atom. The number of ether oxygens (including phenoxy) is 1. The monoisotopic (exact) mass is 312 g/mol. The Kier molecular flexibility index (Phi) is 3.90. The minimum Gasteiger partial charge on any atom is -0.378 e. The van der Waals surface area contributed by atoms with Crippen LogP contribution in [0, 0.1) is 0 Å². The van der Waals surface area contributed by atoms with Gasteiger partial charge in [0.1, 0.15) is 5.82 Å². The molecule has 1 aromatic carbocycles. The fourth-order valence-corrected chi connectivity index (χ4v) is 2.64. The molecule has 0 unspecified atom stereocenters. The van der Waals surface area contributed by atoms with Crippen molar-refractivity contribution in [2.24, 2.45) is 0 Å². The summed E-state index contributed by atoms with van der Waals surface area (Å²) >= 11 is 0. The Hall–Kier alpha value is -1.89. The van der Waals surface area contributed by atoms with Crippen molar-refractivity contribution in [1.29, 1.82) is 0 Å². The second kappa shape index (κ2) is 5.72. The zero-order valence-electron chi connectivity index (χ0n) is 11.7. The van der Waals surface area contributed by atoms with E-state index in [2.05, 4.69) is 9.97 Å². The smallest absolute Gasteiger partial charge is 0.378 e. The largest absolute Gasteiger partial charge is 0.416 e. The van der Waals surface area contributed by atoms with Crippen molar-refractivity contribution in [1.82, 2.24) is 9.97 Å². The maximum Gasteiger partial charge on any atom is 0.416 e. The van der Waals surface area contributed by atoms with Crippen molar-refractivity contribution in [3.05, 3.63) is 39.9 Å². The van der Waals surface area contributed by atoms with Crippen LogP contribution in [0.2, 0.25) is 0 Å². The van der Waals surface area contributed by atoms with E-state index >= 15 is 0 Å². The van der Waals surface area contributed by atoms with Crippen molar-refractivity contribution in [3.63, 3.8) is 0 Å². The molecular formula is C15H15F3N2O2. The van der Waals surface area contributed by atoms with E-state index in [1.165, 1.54) is 0 Å². The Balaban J connectivity index is 1.96. The van der Waals surface area contributed by atoms with E-state index in [1.54, 1.807) is 0 Å². The van der Waals surface area contributed by atoms with Crippen LogP contribution in [-0.2, 0) is 17.3 Å². The van der Waals surface area contributed by atoms with Crippen LogP contribution in [0.25, 0.3) is 10.9 Å². The van der Waals surface area contributed by atoms with Gasteiger partial charge in [0.2, 0.25) is 0 Å². The average Bonchev–Trinajstić information content (AvgIpc) is 2.47. The van der Waals surface area contributed by atoms with Crippen molar-refractivity contribution in [2.45, 2.75) is 38.0 Å². The van der Waals surface area contributed by atoms with Crippen LogP contribution in [0.1, 0.15) is 30.7 Å². The minimum atomic E-state index is -4.45. The number of benzene rings is 1. The van der Waals surface area contributed by atoms with Gasteiger partial charge in [-0.25, -0.2) is 4.98 Å². The number of aromatic nitrogens is 2. The molecule has 0 bridgehead atoms. The van der Waals surface area contributed by atoms with Gasteiger partial charge in [0.15, 0.2) is 0 Å². The van der Waals surface area contributed by atoms with Crippen LogP contribution in [0.3, 0.4) is 0 Å². The zero-order chi connectivity index (χ0) is 15.7. The first-order valence-electron chi connectivity index (χ1n) is 7.15. The summed E-state index contributed by atoms with van der Waals surface area (Å²) in [4.78, 5) is 18.8. The lowest BCUT2D eigenvalue weighted by Crippen LogP contribution is -2.24. The number of H-pyrrole nitrogens is 1. The summed E-state index contributed by atoms with van der Waals surface area (Å²) in [6, 6.07) is 2.96. The maximum atomic E-state index is 12.8. The topological polar surface area (TPSA) is 55.0 Å². The van der Waals surface area contributed by atoms with E-state index < -0.39 is 17.3 Å². The van der Waals surface area contributed by atoms with Gasteiger partial charge in [-0.1, -0.05) is 0 Å². The molecule has 1 fully saturated rings. The fraction of sp³-hybridized carbons (Fsp3) is 0.467. The summed E-state index contributed by atoms with van der Waals surface area (Å²) < 4.78 is 43.8. The van der Waals surface area contributed by atoms with Crippen LogP contribution in [0.15, 0.2) is 23.0 Å². The number of fused-ring (bicyclic) bond motifs is 1. The van der Waals surface area contributed by atoms with E-state index in [9.17, 15) is 18.0 Å². The predicted octanol–water partition coefficient (Wildman–Crippen LogP) is 3.05. The highest BCUT2D eigenvalue weighted by molar-refractivity contribution is 5.78. The van der Waals surface area contributed by atoms with Crippen LogP contribution < -0.4 is 5.56 Å². The van der Waals surface area contributed by atoms with Gasteiger partial charge >= 0.3 is 6.18 Å². The SMILES string of the molecule is O=c1[nH]c(C[C@@H]2CCCCO2)nc2cc(C(F)(F)F)ccc12. The molecule has 1 N–H and O–H groups in total. The molecule has 0 saturated carbocycles. The highest BCUT2D eigenvalue weighted by atomic mass is 19.4. The molecule has 0 spiro atoms. The molecule has 1 atom stereocenters. The van der Waals surface area contributed by atoms with Gasteiger partial charge in [-0.3, -0.25) is 4.79 Å². The number of nitrogens with zero attached hydrogens (tertiary/aromatic N) is 1. The first kappa shape index (κ1) is 15.0. The molecule has 1 saturated heterocycles. The third-order valence-corrected chi connectivity index (χ3v) is 3.78.